The molecule has 0 unspecified atom stereocenters. The number of benzene rings is 1. The molecule has 1 aromatic carbocycles. The summed E-state index contributed by atoms with van der Waals surface area (Å²) in [7, 11) is 0. The van der Waals surface area contributed by atoms with Crippen LogP contribution in [0.5, 0.6) is 0 Å². The molecule has 0 saturated heterocycles. The minimum atomic E-state index is -0.134. The molecule has 20 heavy (non-hydrogen) atoms. The second-order valence-electron chi connectivity index (χ2n) is 5.49. The molecule has 1 aromatic heterocycles. The third-order valence-corrected chi connectivity index (χ3v) is 3.68. The maximum atomic E-state index is 12.0. The zero-order valence-corrected chi connectivity index (χ0v) is 12.4. The van der Waals surface area contributed by atoms with Crippen molar-refractivity contribution >= 4 is 17.5 Å². The van der Waals surface area contributed by atoms with Crippen LogP contribution in [0.15, 0.2) is 42.7 Å². The number of halogens is 1. The van der Waals surface area contributed by atoms with Crippen LogP contribution in [0.2, 0.25) is 0 Å². The number of aromatic nitrogens is 2. The van der Waals surface area contributed by atoms with Gasteiger partial charge in [0.05, 0.1) is 17.4 Å². The summed E-state index contributed by atoms with van der Waals surface area (Å²) < 4.78 is 1.68. The van der Waals surface area contributed by atoms with Crippen LogP contribution in [0, 0.1) is 5.41 Å². The Hall–Kier alpha value is -1.81. The van der Waals surface area contributed by atoms with Crippen LogP contribution < -0.4 is 5.32 Å². The lowest BCUT2D eigenvalue weighted by molar-refractivity contribution is 0.0940. The van der Waals surface area contributed by atoms with Crippen LogP contribution in [0.25, 0.3) is 5.69 Å². The third kappa shape index (κ3) is 3.61. The van der Waals surface area contributed by atoms with E-state index in [9.17, 15) is 4.79 Å². The van der Waals surface area contributed by atoms with Crippen molar-refractivity contribution in [3.05, 3.63) is 48.3 Å². The van der Waals surface area contributed by atoms with E-state index in [0.717, 1.165) is 5.69 Å². The topological polar surface area (TPSA) is 46.9 Å². The van der Waals surface area contributed by atoms with Crippen molar-refractivity contribution in [2.45, 2.75) is 13.8 Å². The molecule has 0 saturated carbocycles. The predicted molar refractivity (Wildman–Crippen MR) is 80.4 cm³/mol. The lowest BCUT2D eigenvalue weighted by Crippen LogP contribution is -2.34. The van der Waals surface area contributed by atoms with Gasteiger partial charge in [-0.1, -0.05) is 32.0 Å². The van der Waals surface area contributed by atoms with E-state index in [2.05, 4.69) is 10.4 Å². The summed E-state index contributed by atoms with van der Waals surface area (Å²) in [5.74, 6) is 0.363. The number of para-hydroxylation sites is 1. The fourth-order valence-electron chi connectivity index (χ4n) is 1.63. The average Bonchev–Trinajstić information content (AvgIpc) is 2.96. The first-order chi connectivity index (χ1) is 9.52. The summed E-state index contributed by atoms with van der Waals surface area (Å²) in [6.45, 7) is 4.55. The smallest absolute Gasteiger partial charge is 0.254 e. The number of nitrogens with zero attached hydrogens (tertiary/aromatic N) is 2. The van der Waals surface area contributed by atoms with Gasteiger partial charge < -0.3 is 5.32 Å². The van der Waals surface area contributed by atoms with Gasteiger partial charge in [0.1, 0.15) is 0 Å². The Kier molecular flexibility index (Phi) is 4.45. The maximum absolute atomic E-state index is 12.0. The number of rotatable bonds is 5. The molecule has 0 aliphatic carbocycles. The van der Waals surface area contributed by atoms with E-state index in [1.165, 1.54) is 0 Å². The molecule has 1 heterocycles. The molecule has 5 heteroatoms. The summed E-state index contributed by atoms with van der Waals surface area (Å²) in [4.78, 5) is 12.0. The molecule has 0 radical (unpaired) electrons. The molecule has 4 nitrogen and oxygen atoms in total. The van der Waals surface area contributed by atoms with Crippen LogP contribution in [0.1, 0.15) is 24.2 Å². The summed E-state index contributed by atoms with van der Waals surface area (Å²) in [6, 6.07) is 9.67. The van der Waals surface area contributed by atoms with Crippen molar-refractivity contribution < 1.29 is 4.79 Å². The van der Waals surface area contributed by atoms with Gasteiger partial charge in [-0.15, -0.1) is 11.6 Å². The number of nitrogens with one attached hydrogen (secondary N) is 1. The number of hydrogen-bond acceptors (Lipinski definition) is 2. The highest BCUT2D eigenvalue weighted by Gasteiger charge is 2.18. The SMILES string of the molecule is CC(C)(CCl)CNC(=O)c1cnn(-c2ccccc2)c1. The standard InChI is InChI=1S/C15H18ClN3O/c1-15(2,10-16)11-17-14(20)12-8-18-19(9-12)13-6-4-3-5-7-13/h3-9H,10-11H2,1-2H3,(H,17,20). The average molecular weight is 292 g/mol. The second-order valence-corrected chi connectivity index (χ2v) is 5.76. The first-order valence-electron chi connectivity index (χ1n) is 6.46. The number of carbonyl (C=O) groups is 1. The number of hydrogen-bond donors (Lipinski definition) is 1. The monoisotopic (exact) mass is 291 g/mol. The molecule has 2 aromatic rings. The van der Waals surface area contributed by atoms with Gasteiger partial charge in [-0.25, -0.2) is 4.68 Å². The molecular weight excluding hydrogens is 274 g/mol. The lowest BCUT2D eigenvalue weighted by Gasteiger charge is -2.21. The molecular formula is C15H18ClN3O. The minimum absolute atomic E-state index is 0.118. The Morgan fingerprint density at radius 1 is 1.35 bits per heavy atom. The predicted octanol–water partition coefficient (Wildman–Crippen LogP) is 2.87. The Balaban J connectivity index is 2.04. The van der Waals surface area contributed by atoms with Gasteiger partial charge in [0, 0.05) is 18.6 Å². The zero-order valence-electron chi connectivity index (χ0n) is 11.6. The fourth-order valence-corrected chi connectivity index (χ4v) is 1.73. The number of amides is 1. The molecule has 106 valence electrons. The first kappa shape index (κ1) is 14.6. The highest BCUT2D eigenvalue weighted by molar-refractivity contribution is 6.18. The van der Waals surface area contributed by atoms with Crippen LogP contribution >= 0.6 is 11.6 Å². The third-order valence-electron chi connectivity index (χ3n) is 2.95. The van der Waals surface area contributed by atoms with Gasteiger partial charge in [-0.3, -0.25) is 4.79 Å². The Morgan fingerprint density at radius 2 is 2.05 bits per heavy atom. The van der Waals surface area contributed by atoms with Crippen LogP contribution in [-0.4, -0.2) is 28.1 Å². The van der Waals surface area contributed by atoms with Crippen molar-refractivity contribution in [2.24, 2.45) is 5.41 Å². The van der Waals surface area contributed by atoms with Crippen LogP contribution in [0.4, 0.5) is 0 Å². The maximum Gasteiger partial charge on any atom is 0.254 e. The molecule has 2 rings (SSSR count). The van der Waals surface area contributed by atoms with E-state index < -0.39 is 0 Å². The van der Waals surface area contributed by atoms with Crippen LogP contribution in [0.3, 0.4) is 0 Å². The van der Waals surface area contributed by atoms with Gasteiger partial charge in [-0.2, -0.15) is 5.10 Å². The van der Waals surface area contributed by atoms with Gasteiger partial charge in [0.2, 0.25) is 0 Å². The van der Waals surface area contributed by atoms with Gasteiger partial charge >= 0.3 is 0 Å². The number of carbonyl (C=O) groups excluding carboxylic acids is 1. The lowest BCUT2D eigenvalue weighted by atomic mass is 9.96. The van der Waals surface area contributed by atoms with Crippen molar-refractivity contribution in [2.75, 3.05) is 12.4 Å². The Morgan fingerprint density at radius 3 is 2.70 bits per heavy atom. The molecule has 0 fully saturated rings. The van der Waals surface area contributed by atoms with Crippen molar-refractivity contribution in [3.8, 4) is 5.69 Å². The summed E-state index contributed by atoms with van der Waals surface area (Å²) in [5.41, 5.74) is 1.35. The fraction of sp³-hybridized carbons (Fsp3) is 0.333. The van der Waals surface area contributed by atoms with E-state index in [0.29, 0.717) is 18.0 Å². The zero-order chi connectivity index (χ0) is 14.6. The molecule has 0 aliphatic rings. The van der Waals surface area contributed by atoms with E-state index in [4.69, 9.17) is 11.6 Å². The van der Waals surface area contributed by atoms with Gasteiger partial charge in [0.15, 0.2) is 0 Å². The van der Waals surface area contributed by atoms with Gasteiger partial charge in [-0.05, 0) is 17.5 Å². The number of alkyl halides is 1. The first-order valence-corrected chi connectivity index (χ1v) is 6.99. The van der Waals surface area contributed by atoms with Gasteiger partial charge in [0.25, 0.3) is 5.91 Å². The normalized spacial score (nSPS) is 11.3. The minimum Gasteiger partial charge on any atom is -0.351 e. The Bertz CT molecular complexity index is 578. The molecule has 1 amide bonds. The highest BCUT2D eigenvalue weighted by atomic mass is 35.5. The van der Waals surface area contributed by atoms with E-state index in [1.54, 1.807) is 17.1 Å². The van der Waals surface area contributed by atoms with E-state index in [-0.39, 0.29) is 11.3 Å². The Labute approximate surface area is 123 Å². The van der Waals surface area contributed by atoms with Crippen molar-refractivity contribution in [1.82, 2.24) is 15.1 Å². The molecule has 0 spiro atoms. The van der Waals surface area contributed by atoms with Crippen LogP contribution in [-0.2, 0) is 0 Å². The second kappa shape index (κ2) is 6.09. The molecule has 0 aliphatic heterocycles. The molecule has 1 N–H and O–H groups in total. The van der Waals surface area contributed by atoms with E-state index in [1.807, 2.05) is 44.2 Å². The quantitative estimate of drug-likeness (QED) is 0.861. The largest absolute Gasteiger partial charge is 0.351 e. The van der Waals surface area contributed by atoms with Crippen molar-refractivity contribution in [3.63, 3.8) is 0 Å². The summed E-state index contributed by atoms with van der Waals surface area (Å²) in [6.07, 6.45) is 3.29. The highest BCUT2D eigenvalue weighted by Crippen LogP contribution is 2.15. The molecule has 0 bridgehead atoms. The summed E-state index contributed by atoms with van der Waals surface area (Å²) in [5, 5.41) is 7.08. The molecule has 0 atom stereocenters. The van der Waals surface area contributed by atoms with Crippen molar-refractivity contribution in [1.29, 1.82) is 0 Å². The summed E-state index contributed by atoms with van der Waals surface area (Å²) >= 11 is 5.84. The van der Waals surface area contributed by atoms with E-state index >= 15 is 0 Å².